The molecule has 0 radical (unpaired) electrons. The van der Waals surface area contributed by atoms with Crippen molar-refractivity contribution in [1.82, 2.24) is 0 Å². The number of anilines is 2. The fraction of sp³-hybridized carbons (Fsp3) is 0.188. The van der Waals surface area contributed by atoms with Gasteiger partial charge in [0.05, 0.1) is 11.4 Å². The first kappa shape index (κ1) is 15.2. The van der Waals surface area contributed by atoms with Gasteiger partial charge in [0.15, 0.2) is 6.61 Å². The molecule has 0 aromatic heterocycles. The molecule has 0 bridgehead atoms. The number of carbonyl (C=O) groups is 1. The van der Waals surface area contributed by atoms with Crippen LogP contribution >= 0.6 is 11.6 Å². The summed E-state index contributed by atoms with van der Waals surface area (Å²) in [6.07, 6.45) is 0. The minimum Gasteiger partial charge on any atom is -0.483 e. The van der Waals surface area contributed by atoms with Crippen molar-refractivity contribution in [3.05, 3.63) is 52.5 Å². The zero-order chi connectivity index (χ0) is 15.4. The molecule has 0 aliphatic rings. The van der Waals surface area contributed by atoms with Crippen molar-refractivity contribution in [1.29, 1.82) is 0 Å². The molecule has 2 aromatic rings. The third kappa shape index (κ3) is 4.13. The maximum absolute atomic E-state index is 11.9. The first-order chi connectivity index (χ1) is 9.95. The highest BCUT2D eigenvalue weighted by Crippen LogP contribution is 2.23. The van der Waals surface area contributed by atoms with E-state index in [1.54, 1.807) is 18.2 Å². The summed E-state index contributed by atoms with van der Waals surface area (Å²) in [5, 5.41) is 3.22. The number of hydrogen-bond donors (Lipinski definition) is 2. The largest absolute Gasteiger partial charge is 0.483 e. The summed E-state index contributed by atoms with van der Waals surface area (Å²) in [4.78, 5) is 11.9. The summed E-state index contributed by atoms with van der Waals surface area (Å²) >= 11 is 5.81. The zero-order valence-corrected chi connectivity index (χ0v) is 12.7. The van der Waals surface area contributed by atoms with Gasteiger partial charge in [-0.1, -0.05) is 29.3 Å². The Morgan fingerprint density at radius 2 is 2.00 bits per heavy atom. The van der Waals surface area contributed by atoms with Crippen molar-refractivity contribution in [3.63, 3.8) is 0 Å². The molecule has 0 heterocycles. The molecule has 2 rings (SSSR count). The Balaban J connectivity index is 1.96. The number of nitrogens with one attached hydrogen (secondary N) is 1. The molecule has 0 unspecified atom stereocenters. The maximum atomic E-state index is 11.9. The second-order valence-corrected chi connectivity index (χ2v) is 5.27. The predicted molar refractivity (Wildman–Crippen MR) is 85.9 cm³/mol. The molecule has 110 valence electrons. The van der Waals surface area contributed by atoms with Crippen LogP contribution in [-0.4, -0.2) is 12.5 Å². The van der Waals surface area contributed by atoms with Gasteiger partial charge in [-0.2, -0.15) is 0 Å². The molecule has 21 heavy (non-hydrogen) atoms. The maximum Gasteiger partial charge on any atom is 0.262 e. The van der Waals surface area contributed by atoms with Gasteiger partial charge in [-0.25, -0.2) is 0 Å². The second kappa shape index (κ2) is 6.50. The summed E-state index contributed by atoms with van der Waals surface area (Å²) in [6.45, 7) is 3.87. The fourth-order valence-electron chi connectivity index (χ4n) is 1.94. The minimum absolute atomic E-state index is 0.0774. The van der Waals surface area contributed by atoms with E-state index in [0.717, 1.165) is 11.1 Å². The molecule has 2 aromatic carbocycles. The number of ether oxygens (including phenoxy) is 1. The highest BCUT2D eigenvalue weighted by molar-refractivity contribution is 6.31. The quantitative estimate of drug-likeness (QED) is 0.849. The van der Waals surface area contributed by atoms with E-state index in [-0.39, 0.29) is 12.5 Å². The van der Waals surface area contributed by atoms with Crippen LogP contribution < -0.4 is 15.8 Å². The predicted octanol–water partition coefficient (Wildman–Crippen LogP) is 3.56. The van der Waals surface area contributed by atoms with Gasteiger partial charge in [-0.05, 0) is 43.7 Å². The van der Waals surface area contributed by atoms with E-state index in [4.69, 9.17) is 22.1 Å². The van der Waals surface area contributed by atoms with Crippen molar-refractivity contribution in [2.45, 2.75) is 13.8 Å². The van der Waals surface area contributed by atoms with Gasteiger partial charge in [-0.15, -0.1) is 0 Å². The lowest BCUT2D eigenvalue weighted by Gasteiger charge is -2.11. The molecule has 1 amide bonds. The highest BCUT2D eigenvalue weighted by atomic mass is 35.5. The summed E-state index contributed by atoms with van der Waals surface area (Å²) < 4.78 is 5.51. The Morgan fingerprint density at radius 3 is 2.67 bits per heavy atom. The lowest BCUT2D eigenvalue weighted by atomic mass is 10.1. The van der Waals surface area contributed by atoms with Crippen LogP contribution in [0.5, 0.6) is 5.75 Å². The Morgan fingerprint density at radius 1 is 1.24 bits per heavy atom. The molecule has 4 nitrogen and oxygen atoms in total. The van der Waals surface area contributed by atoms with Gasteiger partial charge >= 0.3 is 0 Å². The first-order valence-corrected chi connectivity index (χ1v) is 6.88. The molecule has 0 aliphatic carbocycles. The Bertz CT molecular complexity index is 671. The second-order valence-electron chi connectivity index (χ2n) is 4.84. The van der Waals surface area contributed by atoms with E-state index in [1.165, 1.54) is 0 Å². The molecular weight excluding hydrogens is 288 g/mol. The molecule has 0 spiro atoms. The lowest BCUT2D eigenvalue weighted by molar-refractivity contribution is -0.118. The molecular formula is C16H17ClN2O2. The van der Waals surface area contributed by atoms with Crippen LogP contribution in [0.15, 0.2) is 36.4 Å². The van der Waals surface area contributed by atoms with Gasteiger partial charge in [0, 0.05) is 5.02 Å². The number of aryl methyl sites for hydroxylation is 2. The average molecular weight is 305 g/mol. The number of nitrogens with two attached hydrogens (primary N) is 1. The third-order valence-electron chi connectivity index (χ3n) is 2.98. The third-order valence-corrected chi connectivity index (χ3v) is 3.21. The van der Waals surface area contributed by atoms with Gasteiger partial charge in [0.25, 0.3) is 5.91 Å². The van der Waals surface area contributed by atoms with Crippen molar-refractivity contribution >= 4 is 28.9 Å². The molecule has 0 atom stereocenters. The van der Waals surface area contributed by atoms with Crippen LogP contribution in [-0.2, 0) is 4.79 Å². The molecule has 3 N–H and O–H groups in total. The Hall–Kier alpha value is -2.20. The van der Waals surface area contributed by atoms with Gasteiger partial charge in [-0.3, -0.25) is 4.79 Å². The standard InChI is InChI=1S/C16H17ClN2O2/c1-10-3-6-15(11(2)7-10)21-9-16(20)19-14-5-4-12(17)8-13(14)18/h3-8H,9,18H2,1-2H3,(H,19,20). The first-order valence-electron chi connectivity index (χ1n) is 6.50. The number of halogens is 1. The summed E-state index contributed by atoms with van der Waals surface area (Å²) in [5.41, 5.74) is 8.86. The summed E-state index contributed by atoms with van der Waals surface area (Å²) in [7, 11) is 0. The normalized spacial score (nSPS) is 10.2. The number of nitrogen functional groups attached to an aromatic ring is 1. The fourth-order valence-corrected chi connectivity index (χ4v) is 2.12. The number of amides is 1. The van der Waals surface area contributed by atoms with Crippen molar-refractivity contribution in [2.24, 2.45) is 0 Å². The van der Waals surface area contributed by atoms with Crippen LogP contribution in [0.4, 0.5) is 11.4 Å². The highest BCUT2D eigenvalue weighted by Gasteiger charge is 2.08. The van der Waals surface area contributed by atoms with E-state index >= 15 is 0 Å². The van der Waals surface area contributed by atoms with Crippen LogP contribution in [0, 0.1) is 13.8 Å². The number of carbonyl (C=O) groups excluding carboxylic acids is 1. The molecule has 0 saturated heterocycles. The van der Waals surface area contributed by atoms with E-state index < -0.39 is 0 Å². The van der Waals surface area contributed by atoms with Gasteiger partial charge < -0.3 is 15.8 Å². The molecule has 0 aliphatic heterocycles. The lowest BCUT2D eigenvalue weighted by Crippen LogP contribution is -2.21. The van der Waals surface area contributed by atoms with E-state index in [1.807, 2.05) is 32.0 Å². The van der Waals surface area contributed by atoms with E-state index in [0.29, 0.717) is 22.1 Å². The van der Waals surface area contributed by atoms with Crippen LogP contribution in [0.25, 0.3) is 0 Å². The molecule has 0 saturated carbocycles. The molecule has 0 fully saturated rings. The number of hydrogen-bond acceptors (Lipinski definition) is 3. The Kier molecular flexibility index (Phi) is 4.70. The van der Waals surface area contributed by atoms with Gasteiger partial charge in [0.2, 0.25) is 0 Å². The van der Waals surface area contributed by atoms with Crippen LogP contribution in [0.2, 0.25) is 5.02 Å². The number of benzene rings is 2. The van der Waals surface area contributed by atoms with Crippen molar-refractivity contribution < 1.29 is 9.53 Å². The van der Waals surface area contributed by atoms with Crippen LogP contribution in [0.3, 0.4) is 0 Å². The summed E-state index contributed by atoms with van der Waals surface area (Å²) in [6, 6.07) is 10.7. The molecule has 5 heteroatoms. The summed E-state index contributed by atoms with van der Waals surface area (Å²) in [5.74, 6) is 0.420. The topological polar surface area (TPSA) is 64.3 Å². The minimum atomic E-state index is -0.274. The van der Waals surface area contributed by atoms with E-state index in [9.17, 15) is 4.79 Å². The van der Waals surface area contributed by atoms with Crippen molar-refractivity contribution in [3.8, 4) is 5.75 Å². The van der Waals surface area contributed by atoms with Crippen molar-refractivity contribution in [2.75, 3.05) is 17.7 Å². The van der Waals surface area contributed by atoms with Gasteiger partial charge in [0.1, 0.15) is 5.75 Å². The van der Waals surface area contributed by atoms with Crippen LogP contribution in [0.1, 0.15) is 11.1 Å². The zero-order valence-electron chi connectivity index (χ0n) is 11.9. The Labute approximate surface area is 128 Å². The SMILES string of the molecule is Cc1ccc(OCC(=O)Nc2ccc(Cl)cc2N)c(C)c1. The smallest absolute Gasteiger partial charge is 0.262 e. The monoisotopic (exact) mass is 304 g/mol. The van der Waals surface area contributed by atoms with E-state index in [2.05, 4.69) is 5.32 Å². The number of rotatable bonds is 4. The average Bonchev–Trinajstić information content (AvgIpc) is 2.41.